The smallest absolute Gasteiger partial charge is 0.170 e. The molecule has 1 aromatic rings. The van der Waals surface area contributed by atoms with E-state index >= 15 is 0 Å². The van der Waals surface area contributed by atoms with Gasteiger partial charge in [0.15, 0.2) is 5.11 Å². The first kappa shape index (κ1) is 18.2. The quantitative estimate of drug-likeness (QED) is 0.630. The van der Waals surface area contributed by atoms with Crippen LogP contribution in [0.2, 0.25) is 0 Å². The molecule has 4 heteroatoms. The second kappa shape index (κ2) is 8.65. The van der Waals surface area contributed by atoms with Gasteiger partial charge in [0.05, 0.1) is 0 Å². The van der Waals surface area contributed by atoms with Gasteiger partial charge < -0.3 is 15.5 Å². The van der Waals surface area contributed by atoms with Crippen LogP contribution in [-0.2, 0) is 0 Å². The van der Waals surface area contributed by atoms with Gasteiger partial charge in [0.1, 0.15) is 0 Å². The van der Waals surface area contributed by atoms with Gasteiger partial charge in [0.25, 0.3) is 0 Å². The minimum Gasteiger partial charge on any atom is -0.362 e. The Morgan fingerprint density at radius 1 is 1.17 bits per heavy atom. The molecule has 128 valence electrons. The van der Waals surface area contributed by atoms with E-state index in [2.05, 4.69) is 61.4 Å². The fourth-order valence-electron chi connectivity index (χ4n) is 3.47. The molecule has 1 aliphatic rings. The van der Waals surface area contributed by atoms with Crippen molar-refractivity contribution in [3.05, 3.63) is 29.3 Å². The summed E-state index contributed by atoms with van der Waals surface area (Å²) in [5, 5.41) is 7.31. The van der Waals surface area contributed by atoms with Crippen LogP contribution in [0.5, 0.6) is 0 Å². The molecular weight excluding hydrogens is 302 g/mol. The van der Waals surface area contributed by atoms with Crippen LogP contribution < -0.4 is 10.6 Å². The topological polar surface area (TPSA) is 27.3 Å². The standard InChI is InChI=1S/C19H31N3S/c1-14-10-15(2)13-22(12-14)9-5-8-20-19(23)21-18-7-6-16(3)17(4)11-18/h6-7,11,14-15H,5,8-10,12-13H2,1-4H3,(H2,20,21,23)/t14-,15-/m1/s1. The maximum absolute atomic E-state index is 5.38. The average Bonchev–Trinajstić information content (AvgIpc) is 2.46. The van der Waals surface area contributed by atoms with Crippen LogP contribution in [0.15, 0.2) is 18.2 Å². The first-order valence-electron chi connectivity index (χ1n) is 8.78. The van der Waals surface area contributed by atoms with Gasteiger partial charge in [-0.1, -0.05) is 19.9 Å². The number of thiocarbonyl (C=S) groups is 1. The lowest BCUT2D eigenvalue weighted by Crippen LogP contribution is -2.40. The fourth-order valence-corrected chi connectivity index (χ4v) is 3.69. The predicted octanol–water partition coefficient (Wildman–Crippen LogP) is 3.96. The summed E-state index contributed by atoms with van der Waals surface area (Å²) in [4.78, 5) is 2.60. The molecule has 1 aliphatic heterocycles. The lowest BCUT2D eigenvalue weighted by atomic mass is 9.92. The van der Waals surface area contributed by atoms with E-state index in [9.17, 15) is 0 Å². The summed E-state index contributed by atoms with van der Waals surface area (Å²) < 4.78 is 0. The molecule has 0 spiro atoms. The van der Waals surface area contributed by atoms with Crippen molar-refractivity contribution in [3.8, 4) is 0 Å². The Kier molecular flexibility index (Phi) is 6.85. The monoisotopic (exact) mass is 333 g/mol. The number of piperidine rings is 1. The van der Waals surface area contributed by atoms with Gasteiger partial charge in [-0.15, -0.1) is 0 Å². The van der Waals surface area contributed by atoms with E-state index in [4.69, 9.17) is 12.2 Å². The molecule has 0 amide bonds. The summed E-state index contributed by atoms with van der Waals surface area (Å²) in [6.45, 7) is 13.6. The Labute approximate surface area is 146 Å². The first-order valence-corrected chi connectivity index (χ1v) is 9.19. The molecule has 1 heterocycles. The second-order valence-corrected chi connectivity index (χ2v) is 7.65. The van der Waals surface area contributed by atoms with Crippen molar-refractivity contribution in [2.75, 3.05) is 31.5 Å². The highest BCUT2D eigenvalue weighted by Crippen LogP contribution is 2.20. The zero-order chi connectivity index (χ0) is 16.8. The summed E-state index contributed by atoms with van der Waals surface area (Å²) in [6.07, 6.45) is 2.51. The highest BCUT2D eigenvalue weighted by Gasteiger charge is 2.20. The molecule has 3 nitrogen and oxygen atoms in total. The molecule has 0 saturated carbocycles. The molecule has 0 unspecified atom stereocenters. The summed E-state index contributed by atoms with van der Waals surface area (Å²) in [6, 6.07) is 6.34. The van der Waals surface area contributed by atoms with Crippen molar-refractivity contribution in [2.24, 2.45) is 11.8 Å². The summed E-state index contributed by atoms with van der Waals surface area (Å²) in [7, 11) is 0. The molecule has 0 radical (unpaired) electrons. The molecule has 0 bridgehead atoms. The van der Waals surface area contributed by atoms with Crippen LogP contribution in [-0.4, -0.2) is 36.2 Å². The highest BCUT2D eigenvalue weighted by molar-refractivity contribution is 7.80. The van der Waals surface area contributed by atoms with Gasteiger partial charge in [-0.3, -0.25) is 0 Å². The van der Waals surface area contributed by atoms with Gasteiger partial charge in [-0.25, -0.2) is 0 Å². The molecular formula is C19H31N3S. The van der Waals surface area contributed by atoms with E-state index in [0.717, 1.165) is 37.0 Å². The fraction of sp³-hybridized carbons (Fsp3) is 0.632. The van der Waals surface area contributed by atoms with Crippen LogP contribution >= 0.6 is 12.2 Å². The summed E-state index contributed by atoms with van der Waals surface area (Å²) in [5.74, 6) is 1.67. The molecule has 2 N–H and O–H groups in total. The van der Waals surface area contributed by atoms with E-state index in [0.29, 0.717) is 5.11 Å². The van der Waals surface area contributed by atoms with Crippen molar-refractivity contribution in [1.29, 1.82) is 0 Å². The second-order valence-electron chi connectivity index (χ2n) is 7.24. The minimum absolute atomic E-state index is 0.716. The van der Waals surface area contributed by atoms with Crippen molar-refractivity contribution in [2.45, 2.75) is 40.5 Å². The summed E-state index contributed by atoms with van der Waals surface area (Å²) >= 11 is 5.38. The van der Waals surface area contributed by atoms with Gasteiger partial charge >= 0.3 is 0 Å². The number of rotatable bonds is 5. The average molecular weight is 334 g/mol. The number of nitrogens with zero attached hydrogens (tertiary/aromatic N) is 1. The predicted molar refractivity (Wildman–Crippen MR) is 104 cm³/mol. The Morgan fingerprint density at radius 3 is 2.52 bits per heavy atom. The lowest BCUT2D eigenvalue weighted by molar-refractivity contribution is 0.140. The molecule has 0 aliphatic carbocycles. The van der Waals surface area contributed by atoms with Crippen molar-refractivity contribution in [3.63, 3.8) is 0 Å². The SMILES string of the molecule is Cc1ccc(NC(=S)NCCCN2C[C@H](C)C[C@@H](C)C2)cc1C. The largest absolute Gasteiger partial charge is 0.362 e. The van der Waals surface area contributed by atoms with Crippen LogP contribution in [0.25, 0.3) is 0 Å². The maximum atomic E-state index is 5.38. The molecule has 1 saturated heterocycles. The van der Waals surface area contributed by atoms with E-state index < -0.39 is 0 Å². The molecule has 2 atom stereocenters. The molecule has 1 fully saturated rings. The first-order chi connectivity index (χ1) is 10.9. The minimum atomic E-state index is 0.716. The van der Waals surface area contributed by atoms with E-state index in [1.54, 1.807) is 0 Å². The lowest BCUT2D eigenvalue weighted by Gasteiger charge is -2.35. The van der Waals surface area contributed by atoms with Crippen molar-refractivity contribution < 1.29 is 0 Å². The molecule has 1 aromatic carbocycles. The Balaban J connectivity index is 1.65. The van der Waals surface area contributed by atoms with Crippen LogP contribution in [0.4, 0.5) is 5.69 Å². The van der Waals surface area contributed by atoms with Gasteiger partial charge in [-0.05, 0) is 80.5 Å². The van der Waals surface area contributed by atoms with E-state index in [1.165, 1.54) is 30.6 Å². The molecule has 23 heavy (non-hydrogen) atoms. The zero-order valence-electron chi connectivity index (χ0n) is 15.0. The Morgan fingerprint density at radius 2 is 1.87 bits per heavy atom. The number of aryl methyl sites for hydroxylation is 2. The Hall–Kier alpha value is -1.13. The van der Waals surface area contributed by atoms with Crippen molar-refractivity contribution in [1.82, 2.24) is 10.2 Å². The van der Waals surface area contributed by atoms with E-state index in [-0.39, 0.29) is 0 Å². The number of benzene rings is 1. The van der Waals surface area contributed by atoms with E-state index in [1.807, 2.05) is 0 Å². The van der Waals surface area contributed by atoms with Gasteiger partial charge in [0, 0.05) is 25.3 Å². The zero-order valence-corrected chi connectivity index (χ0v) is 15.8. The Bertz CT molecular complexity index is 519. The van der Waals surface area contributed by atoms with Crippen LogP contribution in [0, 0.1) is 25.7 Å². The normalized spacial score (nSPS) is 21.9. The van der Waals surface area contributed by atoms with Gasteiger partial charge in [0.2, 0.25) is 0 Å². The van der Waals surface area contributed by atoms with Crippen molar-refractivity contribution >= 4 is 23.0 Å². The maximum Gasteiger partial charge on any atom is 0.170 e. The molecule has 2 rings (SSSR count). The number of anilines is 1. The number of hydrogen-bond donors (Lipinski definition) is 2. The third-order valence-electron chi connectivity index (χ3n) is 4.65. The summed E-state index contributed by atoms with van der Waals surface area (Å²) in [5.41, 5.74) is 3.65. The van der Waals surface area contributed by atoms with Crippen LogP contribution in [0.3, 0.4) is 0 Å². The number of hydrogen-bond acceptors (Lipinski definition) is 2. The highest BCUT2D eigenvalue weighted by atomic mass is 32.1. The van der Waals surface area contributed by atoms with Crippen LogP contribution in [0.1, 0.15) is 37.8 Å². The molecule has 0 aromatic heterocycles. The third kappa shape index (κ3) is 6.11. The third-order valence-corrected chi connectivity index (χ3v) is 4.89. The van der Waals surface area contributed by atoms with Gasteiger partial charge in [-0.2, -0.15) is 0 Å². The number of likely N-dealkylation sites (tertiary alicyclic amines) is 1. The number of nitrogens with one attached hydrogen (secondary N) is 2.